The quantitative estimate of drug-likeness (QED) is 0.835. The first-order valence-corrected chi connectivity index (χ1v) is 8.30. The van der Waals surface area contributed by atoms with E-state index in [0.29, 0.717) is 18.5 Å². The molecule has 0 bridgehead atoms. The van der Waals surface area contributed by atoms with Gasteiger partial charge in [-0.3, -0.25) is 9.69 Å². The van der Waals surface area contributed by atoms with Crippen molar-refractivity contribution in [2.75, 3.05) is 26.2 Å². The first-order chi connectivity index (χ1) is 9.69. The number of hydrogen-bond acceptors (Lipinski definition) is 4. The summed E-state index contributed by atoms with van der Waals surface area (Å²) in [7, 11) is 0. The average molecular weight is 295 g/mol. The van der Waals surface area contributed by atoms with Crippen LogP contribution in [0, 0.1) is 5.92 Å². The molecule has 0 aliphatic carbocycles. The molecule has 2 rings (SSSR count). The maximum absolute atomic E-state index is 12.0. The number of carbonyl (C=O) groups excluding carboxylic acids is 1. The summed E-state index contributed by atoms with van der Waals surface area (Å²) >= 11 is 1.74. The van der Waals surface area contributed by atoms with E-state index in [0.717, 1.165) is 32.5 Å². The van der Waals surface area contributed by atoms with Crippen LogP contribution in [0.4, 0.5) is 0 Å². The molecule has 1 saturated heterocycles. The summed E-state index contributed by atoms with van der Waals surface area (Å²) in [4.78, 5) is 15.6. The molecular weight excluding hydrogens is 270 g/mol. The van der Waals surface area contributed by atoms with Gasteiger partial charge in [-0.1, -0.05) is 6.07 Å². The van der Waals surface area contributed by atoms with Crippen LogP contribution in [0.2, 0.25) is 0 Å². The van der Waals surface area contributed by atoms with Gasteiger partial charge in [0.25, 0.3) is 0 Å². The van der Waals surface area contributed by atoms with E-state index in [-0.39, 0.29) is 5.91 Å². The molecule has 4 nitrogen and oxygen atoms in total. The lowest BCUT2D eigenvalue weighted by Gasteiger charge is -2.37. The molecule has 1 aliphatic rings. The normalized spacial score (nSPS) is 23.7. The lowest BCUT2D eigenvalue weighted by molar-refractivity contribution is -0.123. The van der Waals surface area contributed by atoms with Crippen molar-refractivity contribution in [2.45, 2.75) is 32.2 Å². The van der Waals surface area contributed by atoms with Gasteiger partial charge in [0, 0.05) is 24.0 Å². The Hall–Kier alpha value is -0.910. The number of hydrogen-bond donors (Lipinski definition) is 2. The van der Waals surface area contributed by atoms with Crippen LogP contribution in [0.25, 0.3) is 0 Å². The molecule has 2 heterocycles. The van der Waals surface area contributed by atoms with Gasteiger partial charge < -0.3 is 11.1 Å². The van der Waals surface area contributed by atoms with Crippen LogP contribution in [0.1, 0.15) is 24.6 Å². The topological polar surface area (TPSA) is 58.4 Å². The fourth-order valence-corrected chi connectivity index (χ4v) is 3.40. The van der Waals surface area contributed by atoms with Crippen molar-refractivity contribution >= 4 is 17.2 Å². The molecule has 5 heteroatoms. The van der Waals surface area contributed by atoms with Gasteiger partial charge in [0.15, 0.2) is 0 Å². The number of nitrogens with zero attached hydrogens (tertiary/aromatic N) is 1. The molecule has 0 saturated carbocycles. The van der Waals surface area contributed by atoms with Crippen LogP contribution in [0.3, 0.4) is 0 Å². The molecule has 0 spiro atoms. The summed E-state index contributed by atoms with van der Waals surface area (Å²) in [6.07, 6.45) is 3.25. The number of nitrogens with two attached hydrogens (primary N) is 1. The van der Waals surface area contributed by atoms with E-state index in [2.05, 4.69) is 28.6 Å². The second kappa shape index (κ2) is 7.76. The van der Waals surface area contributed by atoms with Crippen LogP contribution >= 0.6 is 11.3 Å². The molecule has 2 unspecified atom stereocenters. The molecule has 20 heavy (non-hydrogen) atoms. The summed E-state index contributed by atoms with van der Waals surface area (Å²) in [6, 6.07) is 4.64. The number of thiophene rings is 1. The Morgan fingerprint density at radius 2 is 2.40 bits per heavy atom. The van der Waals surface area contributed by atoms with Gasteiger partial charge in [-0.05, 0) is 50.1 Å². The smallest absolute Gasteiger partial charge is 0.234 e. The third-order valence-corrected chi connectivity index (χ3v) is 5.00. The Bertz CT molecular complexity index is 407. The van der Waals surface area contributed by atoms with E-state index in [9.17, 15) is 4.79 Å². The molecule has 1 amide bonds. The van der Waals surface area contributed by atoms with Gasteiger partial charge >= 0.3 is 0 Å². The van der Waals surface area contributed by atoms with E-state index in [1.807, 2.05) is 6.07 Å². The van der Waals surface area contributed by atoms with Crippen molar-refractivity contribution in [3.05, 3.63) is 22.4 Å². The summed E-state index contributed by atoms with van der Waals surface area (Å²) in [5.41, 5.74) is 5.75. The molecule has 0 aromatic carbocycles. The minimum atomic E-state index is 0.131. The third kappa shape index (κ3) is 4.58. The molecule has 1 aliphatic heterocycles. The summed E-state index contributed by atoms with van der Waals surface area (Å²) in [5.74, 6) is 0.677. The fourth-order valence-electron chi connectivity index (χ4n) is 2.70. The van der Waals surface area contributed by atoms with Crippen molar-refractivity contribution in [1.29, 1.82) is 0 Å². The Labute approximate surface area is 125 Å². The second-order valence-electron chi connectivity index (χ2n) is 5.64. The molecule has 1 aromatic heterocycles. The van der Waals surface area contributed by atoms with Crippen molar-refractivity contribution < 1.29 is 4.79 Å². The maximum Gasteiger partial charge on any atom is 0.234 e. The zero-order valence-electron chi connectivity index (χ0n) is 12.2. The molecule has 2 atom stereocenters. The molecule has 1 aromatic rings. The summed E-state index contributed by atoms with van der Waals surface area (Å²) < 4.78 is 0. The standard InChI is InChI=1S/C15H25N3OS/c1-12-4-5-13(9-16)10-18(12)11-15(19)17-7-6-14-3-2-8-20-14/h2-3,8,12-13H,4-7,9-11,16H2,1H3,(H,17,19). The molecule has 112 valence electrons. The van der Waals surface area contributed by atoms with Gasteiger partial charge in [0.05, 0.1) is 6.54 Å². The molecular formula is C15H25N3OS. The maximum atomic E-state index is 12.0. The van der Waals surface area contributed by atoms with Crippen molar-refractivity contribution in [3.8, 4) is 0 Å². The third-order valence-electron chi connectivity index (χ3n) is 4.06. The monoisotopic (exact) mass is 295 g/mol. The number of carbonyl (C=O) groups is 1. The van der Waals surface area contributed by atoms with Gasteiger partial charge in [-0.25, -0.2) is 0 Å². The average Bonchev–Trinajstić information content (AvgIpc) is 2.94. The number of likely N-dealkylation sites (tertiary alicyclic amines) is 1. The lowest BCUT2D eigenvalue weighted by Crippen LogP contribution is -2.48. The minimum Gasteiger partial charge on any atom is -0.355 e. The number of nitrogens with one attached hydrogen (secondary N) is 1. The first kappa shape index (κ1) is 15.5. The van der Waals surface area contributed by atoms with Gasteiger partial charge in [-0.15, -0.1) is 11.3 Å². The highest BCUT2D eigenvalue weighted by Crippen LogP contribution is 2.20. The Morgan fingerprint density at radius 1 is 1.55 bits per heavy atom. The van der Waals surface area contributed by atoms with Crippen LogP contribution < -0.4 is 11.1 Å². The van der Waals surface area contributed by atoms with E-state index >= 15 is 0 Å². The second-order valence-corrected chi connectivity index (χ2v) is 6.67. The van der Waals surface area contributed by atoms with Gasteiger partial charge in [-0.2, -0.15) is 0 Å². The highest BCUT2D eigenvalue weighted by molar-refractivity contribution is 7.09. The SMILES string of the molecule is CC1CCC(CN)CN1CC(=O)NCCc1cccs1. The van der Waals surface area contributed by atoms with Gasteiger partial charge in [0.2, 0.25) is 5.91 Å². The highest BCUT2D eigenvalue weighted by Gasteiger charge is 2.25. The van der Waals surface area contributed by atoms with E-state index in [1.165, 1.54) is 11.3 Å². The van der Waals surface area contributed by atoms with E-state index in [1.54, 1.807) is 11.3 Å². The zero-order chi connectivity index (χ0) is 14.4. The van der Waals surface area contributed by atoms with Crippen molar-refractivity contribution in [2.24, 2.45) is 11.7 Å². The summed E-state index contributed by atoms with van der Waals surface area (Å²) in [6.45, 7) is 5.11. The zero-order valence-corrected chi connectivity index (χ0v) is 13.0. The number of amides is 1. The van der Waals surface area contributed by atoms with Crippen LogP contribution in [-0.2, 0) is 11.2 Å². The predicted molar refractivity (Wildman–Crippen MR) is 83.8 cm³/mol. The number of piperidine rings is 1. The molecule has 3 N–H and O–H groups in total. The lowest BCUT2D eigenvalue weighted by atomic mass is 9.93. The van der Waals surface area contributed by atoms with E-state index < -0.39 is 0 Å². The highest BCUT2D eigenvalue weighted by atomic mass is 32.1. The Morgan fingerprint density at radius 3 is 3.10 bits per heavy atom. The Kier molecular flexibility index (Phi) is 6.01. The summed E-state index contributed by atoms with van der Waals surface area (Å²) in [5, 5.41) is 5.09. The predicted octanol–water partition coefficient (Wildman–Crippen LogP) is 1.47. The van der Waals surface area contributed by atoms with E-state index in [4.69, 9.17) is 5.73 Å². The number of rotatable bonds is 6. The van der Waals surface area contributed by atoms with Gasteiger partial charge in [0.1, 0.15) is 0 Å². The van der Waals surface area contributed by atoms with Crippen LogP contribution in [0.15, 0.2) is 17.5 Å². The van der Waals surface area contributed by atoms with Crippen molar-refractivity contribution in [1.82, 2.24) is 10.2 Å². The molecule has 0 radical (unpaired) electrons. The Balaban J connectivity index is 1.70. The van der Waals surface area contributed by atoms with Crippen LogP contribution in [-0.4, -0.2) is 43.0 Å². The van der Waals surface area contributed by atoms with Crippen LogP contribution in [0.5, 0.6) is 0 Å². The largest absolute Gasteiger partial charge is 0.355 e. The first-order valence-electron chi connectivity index (χ1n) is 7.42. The van der Waals surface area contributed by atoms with Crippen molar-refractivity contribution in [3.63, 3.8) is 0 Å². The fraction of sp³-hybridized carbons (Fsp3) is 0.667. The molecule has 1 fully saturated rings. The minimum absolute atomic E-state index is 0.131.